The second kappa shape index (κ2) is 16.5. The van der Waals surface area contributed by atoms with E-state index in [1.807, 2.05) is 0 Å². The van der Waals surface area contributed by atoms with Crippen LogP contribution >= 0.6 is 0 Å². The summed E-state index contributed by atoms with van der Waals surface area (Å²) in [6.45, 7) is 3.50. The minimum Gasteiger partial charge on any atom is -0.461 e. The molecular formula is C20H40O5S. The maximum Gasteiger partial charge on any atom is 0.302 e. The van der Waals surface area contributed by atoms with Crippen LogP contribution in [-0.2, 0) is 19.6 Å². The van der Waals surface area contributed by atoms with Crippen LogP contribution in [0.3, 0.4) is 0 Å². The molecule has 0 radical (unpaired) electrons. The third-order valence-electron chi connectivity index (χ3n) is 4.61. The molecule has 0 aliphatic heterocycles. The molecule has 1 atom stereocenters. The summed E-state index contributed by atoms with van der Waals surface area (Å²) in [5.74, 6) is -1.02. The summed E-state index contributed by atoms with van der Waals surface area (Å²) in [6.07, 6.45) is 17.3. The zero-order chi connectivity index (χ0) is 19.7. The highest BCUT2D eigenvalue weighted by Crippen LogP contribution is 2.15. The van der Waals surface area contributed by atoms with Gasteiger partial charge in [-0.3, -0.25) is 9.35 Å². The first-order chi connectivity index (χ1) is 12.3. The quantitative estimate of drug-likeness (QED) is 0.184. The van der Waals surface area contributed by atoms with Crippen molar-refractivity contribution in [2.75, 3.05) is 5.75 Å². The molecule has 0 saturated carbocycles. The van der Waals surface area contributed by atoms with Gasteiger partial charge in [-0.15, -0.1) is 0 Å². The summed E-state index contributed by atoms with van der Waals surface area (Å²) in [7, 11) is -4.12. The van der Waals surface area contributed by atoms with E-state index in [2.05, 4.69) is 6.92 Å². The summed E-state index contributed by atoms with van der Waals surface area (Å²) in [5.41, 5.74) is 0. The summed E-state index contributed by atoms with van der Waals surface area (Å²) < 4.78 is 35.7. The van der Waals surface area contributed by atoms with E-state index in [4.69, 9.17) is 9.29 Å². The molecule has 0 aliphatic carbocycles. The zero-order valence-electron chi connectivity index (χ0n) is 16.9. The largest absolute Gasteiger partial charge is 0.461 e. The molecule has 0 aromatic rings. The fourth-order valence-electron chi connectivity index (χ4n) is 3.21. The third kappa shape index (κ3) is 19.7. The molecule has 1 unspecified atom stereocenters. The van der Waals surface area contributed by atoms with Crippen LogP contribution in [0.5, 0.6) is 0 Å². The molecule has 0 heterocycles. The van der Waals surface area contributed by atoms with Gasteiger partial charge in [0, 0.05) is 6.92 Å². The second-order valence-corrected chi connectivity index (χ2v) is 8.86. The van der Waals surface area contributed by atoms with Crippen molar-refractivity contribution in [1.82, 2.24) is 0 Å². The first kappa shape index (κ1) is 25.4. The van der Waals surface area contributed by atoms with E-state index in [9.17, 15) is 13.2 Å². The fraction of sp³-hybridized carbons (Fsp3) is 0.950. The SMILES string of the molecule is CCCCCCCCCCCCCCCCC(CS(=O)(=O)O)OC(C)=O. The van der Waals surface area contributed by atoms with E-state index < -0.39 is 27.9 Å². The molecule has 0 aromatic heterocycles. The second-order valence-electron chi connectivity index (χ2n) is 7.36. The first-order valence-electron chi connectivity index (χ1n) is 10.5. The van der Waals surface area contributed by atoms with Crippen LogP contribution < -0.4 is 0 Å². The fourth-order valence-corrected chi connectivity index (χ4v) is 3.92. The van der Waals surface area contributed by atoms with Gasteiger partial charge in [0.15, 0.2) is 0 Å². The van der Waals surface area contributed by atoms with Gasteiger partial charge in [-0.2, -0.15) is 8.42 Å². The topological polar surface area (TPSA) is 80.7 Å². The molecular weight excluding hydrogens is 352 g/mol. The molecule has 26 heavy (non-hydrogen) atoms. The smallest absolute Gasteiger partial charge is 0.302 e. The third-order valence-corrected chi connectivity index (χ3v) is 5.40. The molecule has 0 rings (SSSR count). The summed E-state index contributed by atoms with van der Waals surface area (Å²) in [6, 6.07) is 0. The summed E-state index contributed by atoms with van der Waals surface area (Å²) in [5, 5.41) is 0. The highest BCUT2D eigenvalue weighted by molar-refractivity contribution is 7.85. The molecule has 6 heteroatoms. The Kier molecular flexibility index (Phi) is 16.2. The van der Waals surface area contributed by atoms with Crippen molar-refractivity contribution in [1.29, 1.82) is 0 Å². The minimum atomic E-state index is -4.12. The van der Waals surface area contributed by atoms with Gasteiger partial charge in [-0.05, 0) is 12.8 Å². The number of carbonyl (C=O) groups excluding carboxylic acids is 1. The summed E-state index contributed by atoms with van der Waals surface area (Å²) >= 11 is 0. The lowest BCUT2D eigenvalue weighted by atomic mass is 10.0. The van der Waals surface area contributed by atoms with Gasteiger partial charge in [-0.1, -0.05) is 90.4 Å². The number of carbonyl (C=O) groups is 1. The molecule has 0 aromatic carbocycles. The molecule has 0 bridgehead atoms. The van der Waals surface area contributed by atoms with E-state index in [0.717, 1.165) is 19.3 Å². The van der Waals surface area contributed by atoms with Crippen molar-refractivity contribution in [3.05, 3.63) is 0 Å². The summed E-state index contributed by atoms with van der Waals surface area (Å²) in [4.78, 5) is 11.0. The van der Waals surface area contributed by atoms with Gasteiger partial charge in [0.2, 0.25) is 0 Å². The maximum absolute atomic E-state index is 11.0. The Labute approximate surface area is 161 Å². The lowest BCUT2D eigenvalue weighted by Gasteiger charge is -2.15. The first-order valence-corrected chi connectivity index (χ1v) is 12.1. The van der Waals surface area contributed by atoms with Gasteiger partial charge in [0.1, 0.15) is 11.9 Å². The minimum absolute atomic E-state index is 0.484. The van der Waals surface area contributed by atoms with E-state index in [0.29, 0.717) is 6.42 Å². The van der Waals surface area contributed by atoms with E-state index >= 15 is 0 Å². The van der Waals surface area contributed by atoms with E-state index in [1.165, 1.54) is 77.6 Å². The van der Waals surface area contributed by atoms with Gasteiger partial charge in [-0.25, -0.2) is 0 Å². The molecule has 5 nitrogen and oxygen atoms in total. The predicted molar refractivity (Wildman–Crippen MR) is 107 cm³/mol. The molecule has 1 N–H and O–H groups in total. The number of ether oxygens (including phenoxy) is 1. The Morgan fingerprint density at radius 3 is 1.54 bits per heavy atom. The monoisotopic (exact) mass is 392 g/mol. The molecule has 0 amide bonds. The van der Waals surface area contributed by atoms with Crippen LogP contribution in [-0.4, -0.2) is 30.8 Å². The molecule has 0 fully saturated rings. The Balaban J connectivity index is 3.49. The predicted octanol–water partition coefficient (Wildman–Crippen LogP) is 5.68. The maximum atomic E-state index is 11.0. The Hall–Kier alpha value is -0.620. The van der Waals surface area contributed by atoms with Crippen molar-refractivity contribution in [3.8, 4) is 0 Å². The number of unbranched alkanes of at least 4 members (excludes halogenated alkanes) is 13. The lowest BCUT2D eigenvalue weighted by Crippen LogP contribution is -2.25. The highest BCUT2D eigenvalue weighted by Gasteiger charge is 2.19. The van der Waals surface area contributed by atoms with Crippen LogP contribution in [0.2, 0.25) is 0 Å². The molecule has 156 valence electrons. The van der Waals surface area contributed by atoms with Crippen molar-refractivity contribution >= 4 is 16.1 Å². The number of esters is 1. The number of rotatable bonds is 18. The molecule has 0 saturated heterocycles. The van der Waals surface area contributed by atoms with Gasteiger partial charge in [0.25, 0.3) is 10.1 Å². The van der Waals surface area contributed by atoms with Crippen LogP contribution in [0.15, 0.2) is 0 Å². The van der Waals surface area contributed by atoms with Crippen molar-refractivity contribution < 1.29 is 22.5 Å². The van der Waals surface area contributed by atoms with Crippen molar-refractivity contribution in [3.63, 3.8) is 0 Å². The number of hydrogen-bond acceptors (Lipinski definition) is 4. The zero-order valence-corrected chi connectivity index (χ0v) is 17.7. The number of hydrogen-bond donors (Lipinski definition) is 1. The average molecular weight is 393 g/mol. The highest BCUT2D eigenvalue weighted by atomic mass is 32.2. The Morgan fingerprint density at radius 2 is 1.19 bits per heavy atom. The van der Waals surface area contributed by atoms with Crippen LogP contribution in [0.1, 0.15) is 110 Å². The van der Waals surface area contributed by atoms with Crippen LogP contribution in [0.25, 0.3) is 0 Å². The van der Waals surface area contributed by atoms with Gasteiger partial charge >= 0.3 is 5.97 Å². The van der Waals surface area contributed by atoms with E-state index in [1.54, 1.807) is 0 Å². The van der Waals surface area contributed by atoms with Crippen molar-refractivity contribution in [2.45, 2.75) is 116 Å². The van der Waals surface area contributed by atoms with E-state index in [-0.39, 0.29) is 0 Å². The van der Waals surface area contributed by atoms with Crippen LogP contribution in [0, 0.1) is 0 Å². The average Bonchev–Trinajstić information content (AvgIpc) is 2.53. The Bertz CT molecular complexity index is 433. The Morgan fingerprint density at radius 1 is 0.808 bits per heavy atom. The van der Waals surface area contributed by atoms with Crippen LogP contribution in [0.4, 0.5) is 0 Å². The lowest BCUT2D eigenvalue weighted by molar-refractivity contribution is -0.145. The molecule has 0 spiro atoms. The molecule has 0 aliphatic rings. The van der Waals surface area contributed by atoms with Crippen molar-refractivity contribution in [2.24, 2.45) is 0 Å². The standard InChI is InChI=1S/C20H40O5S/c1-3-4-5-6-7-8-9-10-11-12-13-14-15-16-17-20(25-19(2)21)18-26(22,23)24/h20H,3-18H2,1-2H3,(H,22,23,24). The van der Waals surface area contributed by atoms with Gasteiger partial charge < -0.3 is 4.74 Å². The normalized spacial score (nSPS) is 12.9. The van der Waals surface area contributed by atoms with Gasteiger partial charge in [0.05, 0.1) is 0 Å².